The third kappa shape index (κ3) is 5.20. The number of hydrogen-bond acceptors (Lipinski definition) is 4. The number of hydrogen-bond donors (Lipinski definition) is 3. The summed E-state index contributed by atoms with van der Waals surface area (Å²) < 4.78 is 26.7. The molecule has 0 bridgehead atoms. The minimum Gasteiger partial charge on any atom is -0.393 e. The van der Waals surface area contributed by atoms with Crippen molar-refractivity contribution in [3.8, 4) is 0 Å². The largest absolute Gasteiger partial charge is 0.393 e. The van der Waals surface area contributed by atoms with E-state index in [9.17, 15) is 18.6 Å². The Morgan fingerprint density at radius 3 is 2.24 bits per heavy atom. The SMILES string of the molecule is CC[C@H]1[C@@H](O)[C@@H]2[C@H](CC[C@]3(C)[C@@H]([C@H](C)CCCCNS(=O)(=O)C(C)(C)C)CC[C@@H]23)[C@@]2(C)CC[C@@H](O)C[C@@H]12. The Labute approximate surface area is 228 Å². The van der Waals surface area contributed by atoms with Gasteiger partial charge in [0.05, 0.1) is 17.0 Å². The zero-order chi connectivity index (χ0) is 27.4. The highest BCUT2D eigenvalue weighted by molar-refractivity contribution is 7.90. The van der Waals surface area contributed by atoms with Crippen molar-refractivity contribution in [3.05, 3.63) is 0 Å². The second-order valence-corrected chi connectivity index (χ2v) is 17.6. The van der Waals surface area contributed by atoms with Gasteiger partial charge >= 0.3 is 0 Å². The number of nitrogens with one attached hydrogen (secondary N) is 1. The molecule has 0 spiro atoms. The molecule has 0 aromatic carbocycles. The lowest BCUT2D eigenvalue weighted by Crippen LogP contribution is -2.62. The zero-order valence-electron chi connectivity index (χ0n) is 24.8. The van der Waals surface area contributed by atoms with Crippen molar-refractivity contribution in [1.29, 1.82) is 0 Å². The smallest absolute Gasteiger partial charge is 0.216 e. The lowest BCUT2D eigenvalue weighted by molar-refractivity contribution is -0.203. The molecule has 5 nitrogen and oxygen atoms in total. The van der Waals surface area contributed by atoms with Crippen LogP contribution in [0.4, 0.5) is 0 Å². The van der Waals surface area contributed by atoms with Crippen LogP contribution >= 0.6 is 0 Å². The lowest BCUT2D eigenvalue weighted by Gasteiger charge is -2.64. The monoisotopic (exact) mass is 539 g/mol. The molecular formula is C31H57NO4S. The van der Waals surface area contributed by atoms with E-state index in [4.69, 9.17) is 0 Å². The van der Waals surface area contributed by atoms with Crippen LogP contribution in [0.1, 0.15) is 119 Å². The Morgan fingerprint density at radius 1 is 0.946 bits per heavy atom. The number of unbranched alkanes of at least 4 members (excludes halogenated alkanes) is 1. The highest BCUT2D eigenvalue weighted by Crippen LogP contribution is 2.69. The van der Waals surface area contributed by atoms with Crippen LogP contribution in [0, 0.1) is 52.3 Å². The lowest BCUT2D eigenvalue weighted by atomic mass is 9.41. The van der Waals surface area contributed by atoms with Crippen LogP contribution in [0.25, 0.3) is 0 Å². The summed E-state index contributed by atoms with van der Waals surface area (Å²) in [7, 11) is -3.27. The first-order chi connectivity index (χ1) is 17.2. The van der Waals surface area contributed by atoms with Crippen molar-refractivity contribution in [3.63, 3.8) is 0 Å². The van der Waals surface area contributed by atoms with Gasteiger partial charge in [-0.2, -0.15) is 0 Å². The summed E-state index contributed by atoms with van der Waals surface area (Å²) in [6.07, 6.45) is 11.6. The predicted molar refractivity (Wildman–Crippen MR) is 151 cm³/mol. The number of aliphatic hydroxyl groups excluding tert-OH is 2. The van der Waals surface area contributed by atoms with Crippen LogP contribution in [-0.4, -0.2) is 42.1 Å². The van der Waals surface area contributed by atoms with Crippen LogP contribution in [-0.2, 0) is 10.0 Å². The van der Waals surface area contributed by atoms with E-state index in [-0.39, 0.29) is 17.6 Å². The quantitative estimate of drug-likeness (QED) is 0.324. The standard InChI is InChI=1S/C31H57NO4S/c1-8-22-26-19-21(33)14-16-31(26,7)25-15-17-30(6)23(12-13-24(30)27(25)28(22)34)20(2)11-9-10-18-32-37(35,36)29(3,4)5/h20-28,32-34H,8-19H2,1-7H3/t20-,21-,22-,23-,24+,25+,26+,27+,28-,30-,31-/m1/s1. The van der Waals surface area contributed by atoms with E-state index in [2.05, 4.69) is 32.4 Å². The van der Waals surface area contributed by atoms with Gasteiger partial charge in [-0.3, -0.25) is 0 Å². The third-order valence-corrected chi connectivity index (χ3v) is 14.5. The Hall–Kier alpha value is -0.170. The van der Waals surface area contributed by atoms with Gasteiger partial charge in [0.25, 0.3) is 0 Å². The molecule has 4 aliphatic carbocycles. The van der Waals surface area contributed by atoms with Crippen LogP contribution in [0.2, 0.25) is 0 Å². The maximum absolute atomic E-state index is 12.3. The second kappa shape index (κ2) is 10.7. The van der Waals surface area contributed by atoms with Gasteiger partial charge in [-0.15, -0.1) is 0 Å². The molecule has 0 saturated heterocycles. The van der Waals surface area contributed by atoms with Gasteiger partial charge in [-0.05, 0) is 124 Å². The molecule has 0 aromatic heterocycles. The molecule has 3 N–H and O–H groups in total. The maximum atomic E-state index is 12.3. The van der Waals surface area contributed by atoms with Gasteiger partial charge in [0, 0.05) is 6.54 Å². The van der Waals surface area contributed by atoms with Crippen LogP contribution in [0.5, 0.6) is 0 Å². The molecule has 0 radical (unpaired) electrons. The molecule has 0 aliphatic heterocycles. The molecule has 4 saturated carbocycles. The average molecular weight is 540 g/mol. The normalized spacial score (nSPS) is 45.1. The zero-order valence-corrected chi connectivity index (χ0v) is 25.6. The number of sulfonamides is 1. The van der Waals surface area contributed by atoms with Crippen LogP contribution in [0.3, 0.4) is 0 Å². The van der Waals surface area contributed by atoms with E-state index in [0.29, 0.717) is 53.4 Å². The fourth-order valence-electron chi connectivity index (χ4n) is 10.1. The van der Waals surface area contributed by atoms with Gasteiger partial charge in [0.2, 0.25) is 10.0 Å². The van der Waals surface area contributed by atoms with Crippen LogP contribution < -0.4 is 4.72 Å². The average Bonchev–Trinajstić information content (AvgIpc) is 3.16. The summed E-state index contributed by atoms with van der Waals surface area (Å²) in [6, 6.07) is 0. The van der Waals surface area contributed by atoms with Gasteiger partial charge in [-0.25, -0.2) is 13.1 Å². The summed E-state index contributed by atoms with van der Waals surface area (Å²) in [4.78, 5) is 0. The van der Waals surface area contributed by atoms with Crippen molar-refractivity contribution >= 4 is 10.0 Å². The molecule has 0 aromatic rings. The van der Waals surface area contributed by atoms with Gasteiger partial charge < -0.3 is 10.2 Å². The Kier molecular flexibility index (Phi) is 8.59. The number of aliphatic hydroxyl groups is 2. The fraction of sp³-hybridized carbons (Fsp3) is 1.00. The molecule has 216 valence electrons. The Balaban J connectivity index is 1.41. The summed E-state index contributed by atoms with van der Waals surface area (Å²) in [6.45, 7) is 15.5. The highest BCUT2D eigenvalue weighted by Gasteiger charge is 2.64. The van der Waals surface area contributed by atoms with E-state index in [1.807, 2.05) is 0 Å². The van der Waals surface area contributed by atoms with E-state index < -0.39 is 14.8 Å². The van der Waals surface area contributed by atoms with Gasteiger partial charge in [0.15, 0.2) is 0 Å². The van der Waals surface area contributed by atoms with Gasteiger partial charge in [-0.1, -0.05) is 47.0 Å². The number of fused-ring (bicyclic) bond motifs is 5. The number of rotatable bonds is 8. The molecule has 0 heterocycles. The molecule has 0 unspecified atom stereocenters. The first kappa shape index (κ1) is 29.8. The minimum atomic E-state index is -3.27. The maximum Gasteiger partial charge on any atom is 0.216 e. The van der Waals surface area contributed by atoms with Crippen molar-refractivity contribution in [1.82, 2.24) is 4.72 Å². The van der Waals surface area contributed by atoms with Crippen LogP contribution in [0.15, 0.2) is 0 Å². The van der Waals surface area contributed by atoms with Crippen molar-refractivity contribution in [2.45, 2.75) is 136 Å². The summed E-state index contributed by atoms with van der Waals surface area (Å²) in [5.41, 5.74) is 0.556. The molecule has 37 heavy (non-hydrogen) atoms. The minimum absolute atomic E-state index is 0.190. The molecule has 4 fully saturated rings. The third-order valence-electron chi connectivity index (χ3n) is 12.3. The van der Waals surface area contributed by atoms with E-state index in [1.165, 1.54) is 25.7 Å². The van der Waals surface area contributed by atoms with E-state index in [0.717, 1.165) is 44.9 Å². The van der Waals surface area contributed by atoms with Crippen molar-refractivity contribution < 1.29 is 18.6 Å². The second-order valence-electron chi connectivity index (χ2n) is 15.1. The van der Waals surface area contributed by atoms with Crippen molar-refractivity contribution in [2.24, 2.45) is 52.3 Å². The topological polar surface area (TPSA) is 86.6 Å². The fourth-order valence-corrected chi connectivity index (χ4v) is 11.0. The molecule has 4 rings (SSSR count). The molecule has 6 heteroatoms. The highest BCUT2D eigenvalue weighted by atomic mass is 32.2. The first-order valence-corrected chi connectivity index (χ1v) is 17.0. The Bertz CT molecular complexity index is 899. The summed E-state index contributed by atoms with van der Waals surface area (Å²) in [5.74, 6) is 3.68. The molecule has 4 aliphatic rings. The molecule has 0 amide bonds. The van der Waals surface area contributed by atoms with E-state index >= 15 is 0 Å². The van der Waals surface area contributed by atoms with E-state index in [1.54, 1.807) is 20.8 Å². The molecular weight excluding hydrogens is 482 g/mol. The molecule has 11 atom stereocenters. The Morgan fingerprint density at radius 2 is 1.59 bits per heavy atom. The predicted octanol–water partition coefficient (Wildman–Crippen LogP) is 6.14. The summed E-state index contributed by atoms with van der Waals surface area (Å²) in [5, 5.41) is 22.4. The first-order valence-electron chi connectivity index (χ1n) is 15.5. The van der Waals surface area contributed by atoms with Gasteiger partial charge in [0.1, 0.15) is 0 Å². The van der Waals surface area contributed by atoms with Crippen molar-refractivity contribution in [2.75, 3.05) is 6.54 Å². The summed E-state index contributed by atoms with van der Waals surface area (Å²) >= 11 is 0.